The molecule has 5 rings (SSSR count). The van der Waals surface area contributed by atoms with Crippen molar-refractivity contribution in [3.05, 3.63) is 48.8 Å². The second-order valence-electron chi connectivity index (χ2n) is 8.45. The van der Waals surface area contributed by atoms with Gasteiger partial charge < -0.3 is 9.80 Å². The van der Waals surface area contributed by atoms with Gasteiger partial charge in [-0.05, 0) is 18.8 Å². The third-order valence-corrected chi connectivity index (χ3v) is 6.19. The Hall–Kier alpha value is -3.16. The van der Waals surface area contributed by atoms with E-state index in [0.29, 0.717) is 6.54 Å². The first-order valence-electron chi connectivity index (χ1n) is 10.7. The summed E-state index contributed by atoms with van der Waals surface area (Å²) < 4.78 is 3.60. The molecule has 3 aromatic rings. The van der Waals surface area contributed by atoms with E-state index >= 15 is 0 Å². The summed E-state index contributed by atoms with van der Waals surface area (Å²) in [5.41, 5.74) is 4.00. The first-order chi connectivity index (χ1) is 14.6. The molecule has 1 fully saturated rings. The van der Waals surface area contributed by atoms with E-state index in [9.17, 15) is 0 Å². The zero-order valence-electron chi connectivity index (χ0n) is 17.7. The zero-order valence-corrected chi connectivity index (χ0v) is 17.7. The van der Waals surface area contributed by atoms with E-state index in [1.165, 1.54) is 25.7 Å². The highest BCUT2D eigenvalue weighted by molar-refractivity contribution is 5.82. The Morgan fingerprint density at radius 1 is 1.00 bits per heavy atom. The number of rotatable bonds is 3. The Balaban J connectivity index is 1.32. The van der Waals surface area contributed by atoms with Gasteiger partial charge in [-0.2, -0.15) is 10.2 Å². The lowest BCUT2D eigenvalue weighted by atomic mass is 9.98. The van der Waals surface area contributed by atoms with Crippen molar-refractivity contribution < 1.29 is 0 Å². The lowest BCUT2D eigenvalue weighted by Crippen LogP contribution is -2.29. The SMILES string of the molecule is C=C1c2cn(-c3cnc(N4CCCCC(C)CC4)cn3)nc2CN1c1cnn(C)c1. The third kappa shape index (κ3) is 3.46. The molecule has 0 saturated carbocycles. The molecule has 0 N–H and O–H groups in total. The van der Waals surface area contributed by atoms with Crippen molar-refractivity contribution in [1.29, 1.82) is 0 Å². The van der Waals surface area contributed by atoms with E-state index < -0.39 is 0 Å². The molecule has 8 nitrogen and oxygen atoms in total. The van der Waals surface area contributed by atoms with Crippen LogP contribution in [-0.2, 0) is 13.6 Å². The van der Waals surface area contributed by atoms with Gasteiger partial charge in [-0.1, -0.05) is 26.3 Å². The molecule has 1 unspecified atom stereocenters. The van der Waals surface area contributed by atoms with E-state index in [-0.39, 0.29) is 0 Å². The van der Waals surface area contributed by atoms with Gasteiger partial charge in [0.1, 0.15) is 5.82 Å². The minimum Gasteiger partial charge on any atom is -0.355 e. The molecule has 156 valence electrons. The van der Waals surface area contributed by atoms with Crippen molar-refractivity contribution in [1.82, 2.24) is 29.5 Å². The fourth-order valence-electron chi connectivity index (χ4n) is 4.32. The van der Waals surface area contributed by atoms with Crippen molar-refractivity contribution in [3.63, 3.8) is 0 Å². The van der Waals surface area contributed by atoms with Crippen LogP contribution in [0.4, 0.5) is 11.5 Å². The molecule has 0 radical (unpaired) electrons. The highest BCUT2D eigenvalue weighted by Gasteiger charge is 2.28. The summed E-state index contributed by atoms with van der Waals surface area (Å²) in [5, 5.41) is 9.00. The van der Waals surface area contributed by atoms with Gasteiger partial charge in [0, 0.05) is 43.8 Å². The highest BCUT2D eigenvalue weighted by Crippen LogP contribution is 2.35. The second-order valence-corrected chi connectivity index (χ2v) is 8.45. The fraction of sp³-hybridized carbons (Fsp3) is 0.455. The van der Waals surface area contributed by atoms with Crippen LogP contribution in [0.2, 0.25) is 0 Å². The molecular formula is C22H28N8. The molecule has 1 saturated heterocycles. The molecule has 2 aliphatic heterocycles. The van der Waals surface area contributed by atoms with Crippen LogP contribution in [0.1, 0.15) is 43.9 Å². The van der Waals surface area contributed by atoms with Gasteiger partial charge in [0.05, 0.1) is 36.5 Å². The number of anilines is 2. The molecule has 3 aromatic heterocycles. The molecule has 2 aliphatic rings. The van der Waals surface area contributed by atoms with Crippen LogP contribution in [0.5, 0.6) is 0 Å². The summed E-state index contributed by atoms with van der Waals surface area (Å²) in [6.45, 7) is 9.40. The van der Waals surface area contributed by atoms with Gasteiger partial charge in [-0.3, -0.25) is 4.68 Å². The molecule has 8 heteroatoms. The molecule has 30 heavy (non-hydrogen) atoms. The quantitative estimate of drug-likeness (QED) is 0.666. The monoisotopic (exact) mass is 404 g/mol. The first-order valence-corrected chi connectivity index (χ1v) is 10.7. The van der Waals surface area contributed by atoms with Crippen molar-refractivity contribution in [2.24, 2.45) is 13.0 Å². The van der Waals surface area contributed by atoms with Crippen LogP contribution in [0, 0.1) is 5.92 Å². The van der Waals surface area contributed by atoms with Crippen LogP contribution in [0.15, 0.2) is 37.6 Å². The zero-order chi connectivity index (χ0) is 20.7. The molecule has 0 spiro atoms. The standard InChI is InChI=1S/C22H28N8/c1-16-6-4-5-8-28(9-7-16)21-11-24-22(12-23-21)30-14-19-17(2)29(15-20(19)26-30)18-10-25-27(3)13-18/h10-14,16H,2,4-9,15H2,1,3H3. The Morgan fingerprint density at radius 3 is 2.57 bits per heavy atom. The van der Waals surface area contributed by atoms with Gasteiger partial charge in [-0.25, -0.2) is 14.6 Å². The second kappa shape index (κ2) is 7.59. The predicted molar refractivity (Wildman–Crippen MR) is 117 cm³/mol. The normalized spacial score (nSPS) is 19.7. The molecular weight excluding hydrogens is 376 g/mol. The number of aryl methyl sites for hydroxylation is 1. The van der Waals surface area contributed by atoms with Gasteiger partial charge >= 0.3 is 0 Å². The molecule has 1 atom stereocenters. The van der Waals surface area contributed by atoms with Gasteiger partial charge in [-0.15, -0.1) is 0 Å². The van der Waals surface area contributed by atoms with Gasteiger partial charge in [0.15, 0.2) is 5.82 Å². The molecule has 0 aromatic carbocycles. The van der Waals surface area contributed by atoms with Gasteiger partial charge in [0.25, 0.3) is 0 Å². The largest absolute Gasteiger partial charge is 0.355 e. The Kier molecular flexibility index (Phi) is 4.77. The molecule has 0 amide bonds. The summed E-state index contributed by atoms with van der Waals surface area (Å²) in [5.74, 6) is 2.47. The van der Waals surface area contributed by atoms with Crippen molar-refractivity contribution in [2.75, 3.05) is 22.9 Å². The number of fused-ring (bicyclic) bond motifs is 1. The van der Waals surface area contributed by atoms with E-state index in [0.717, 1.165) is 53.3 Å². The summed E-state index contributed by atoms with van der Waals surface area (Å²) >= 11 is 0. The van der Waals surface area contributed by atoms with Crippen LogP contribution in [-0.4, -0.2) is 42.6 Å². The highest BCUT2D eigenvalue weighted by atomic mass is 15.4. The Bertz CT molecular complexity index is 1050. The predicted octanol–water partition coefficient (Wildman–Crippen LogP) is 3.40. The minimum absolute atomic E-state index is 0.685. The summed E-state index contributed by atoms with van der Waals surface area (Å²) in [6, 6.07) is 0. The molecule has 0 bridgehead atoms. The van der Waals surface area contributed by atoms with E-state index in [1.54, 1.807) is 4.68 Å². The topological polar surface area (TPSA) is 67.9 Å². The third-order valence-electron chi connectivity index (χ3n) is 6.19. The maximum absolute atomic E-state index is 4.74. The Labute approximate surface area is 176 Å². The summed E-state index contributed by atoms with van der Waals surface area (Å²) in [7, 11) is 1.91. The van der Waals surface area contributed by atoms with E-state index in [1.807, 2.05) is 42.7 Å². The number of hydrogen-bond donors (Lipinski definition) is 0. The summed E-state index contributed by atoms with van der Waals surface area (Å²) in [6.07, 6.45) is 14.6. The average molecular weight is 405 g/mol. The fourth-order valence-corrected chi connectivity index (χ4v) is 4.32. The Morgan fingerprint density at radius 2 is 1.83 bits per heavy atom. The van der Waals surface area contributed by atoms with Crippen LogP contribution >= 0.6 is 0 Å². The number of hydrogen-bond acceptors (Lipinski definition) is 6. The number of nitrogens with zero attached hydrogens (tertiary/aromatic N) is 8. The molecule has 5 heterocycles. The van der Waals surface area contributed by atoms with Crippen molar-refractivity contribution in [3.8, 4) is 5.82 Å². The van der Waals surface area contributed by atoms with Crippen LogP contribution in [0.3, 0.4) is 0 Å². The lowest BCUT2D eigenvalue weighted by molar-refractivity contribution is 0.437. The molecule has 0 aliphatic carbocycles. The number of aromatic nitrogens is 6. The van der Waals surface area contributed by atoms with E-state index in [2.05, 4.69) is 33.4 Å². The van der Waals surface area contributed by atoms with Gasteiger partial charge in [0.2, 0.25) is 0 Å². The average Bonchev–Trinajstić information content (AvgIpc) is 3.42. The van der Waals surface area contributed by atoms with Crippen molar-refractivity contribution in [2.45, 2.75) is 39.2 Å². The van der Waals surface area contributed by atoms with Crippen LogP contribution < -0.4 is 9.80 Å². The van der Waals surface area contributed by atoms with Crippen LogP contribution in [0.25, 0.3) is 11.5 Å². The lowest BCUT2D eigenvalue weighted by Gasteiger charge is -2.27. The summed E-state index contributed by atoms with van der Waals surface area (Å²) in [4.78, 5) is 13.9. The maximum atomic E-state index is 4.74. The van der Waals surface area contributed by atoms with Crippen molar-refractivity contribution >= 4 is 17.2 Å². The van der Waals surface area contributed by atoms with E-state index in [4.69, 9.17) is 10.1 Å². The maximum Gasteiger partial charge on any atom is 0.171 e. The smallest absolute Gasteiger partial charge is 0.171 e. The first kappa shape index (κ1) is 18.8. The minimum atomic E-state index is 0.685.